The van der Waals surface area contributed by atoms with Crippen LogP contribution >= 0.6 is 11.6 Å². The van der Waals surface area contributed by atoms with Crippen molar-refractivity contribution >= 4 is 11.6 Å². The van der Waals surface area contributed by atoms with E-state index in [9.17, 15) is 0 Å². The van der Waals surface area contributed by atoms with Gasteiger partial charge in [0.2, 0.25) is 0 Å². The Labute approximate surface area is 87.2 Å². The van der Waals surface area contributed by atoms with Crippen molar-refractivity contribution in [3.63, 3.8) is 0 Å². The maximum absolute atomic E-state index is 5.88. The smallest absolute Gasteiger partial charge is 0.0377 e. The van der Waals surface area contributed by atoms with Crippen LogP contribution in [0.15, 0.2) is 0 Å². The maximum Gasteiger partial charge on any atom is 0.0377 e. The highest BCUT2D eigenvalue weighted by atomic mass is 35.5. The van der Waals surface area contributed by atoms with Crippen LogP contribution in [0.5, 0.6) is 0 Å². The van der Waals surface area contributed by atoms with Gasteiger partial charge >= 0.3 is 0 Å². The largest absolute Gasteiger partial charge is 0.313 e. The van der Waals surface area contributed by atoms with Crippen molar-refractivity contribution in [1.29, 1.82) is 0 Å². The van der Waals surface area contributed by atoms with Gasteiger partial charge < -0.3 is 5.32 Å². The highest BCUT2D eigenvalue weighted by molar-refractivity contribution is 6.18. The minimum atomic E-state index is 0.528. The van der Waals surface area contributed by atoms with Crippen molar-refractivity contribution < 1.29 is 0 Å². The molecule has 1 N–H and O–H groups in total. The highest BCUT2D eigenvalue weighted by Gasteiger charge is 2.20. The topological polar surface area (TPSA) is 12.0 Å². The second-order valence-corrected chi connectivity index (χ2v) is 4.98. The van der Waals surface area contributed by atoms with Gasteiger partial charge in [0.05, 0.1) is 0 Å². The summed E-state index contributed by atoms with van der Waals surface area (Å²) < 4.78 is 0. The van der Waals surface area contributed by atoms with Gasteiger partial charge in [-0.25, -0.2) is 0 Å². The second-order valence-electron chi connectivity index (χ2n) is 4.67. The summed E-state index contributed by atoms with van der Waals surface area (Å²) in [6.45, 7) is 5.67. The summed E-state index contributed by atoms with van der Waals surface area (Å²) in [5.74, 6) is 2.53. The van der Waals surface area contributed by atoms with E-state index >= 15 is 0 Å². The molecule has 0 bridgehead atoms. The van der Waals surface area contributed by atoms with E-state index in [1.807, 2.05) is 0 Å². The lowest BCUT2D eigenvalue weighted by molar-refractivity contribution is 0.438. The predicted octanol–water partition coefficient (Wildman–Crippen LogP) is 3.03. The molecule has 0 amide bonds. The maximum atomic E-state index is 5.88. The molecule has 0 spiro atoms. The Balaban J connectivity index is 2.00. The van der Waals surface area contributed by atoms with E-state index in [1.165, 1.54) is 25.7 Å². The van der Waals surface area contributed by atoms with E-state index in [1.54, 1.807) is 0 Å². The minimum Gasteiger partial charge on any atom is -0.313 e. The number of rotatable bonds is 7. The van der Waals surface area contributed by atoms with Gasteiger partial charge in [-0.1, -0.05) is 26.7 Å². The van der Waals surface area contributed by atoms with E-state index in [0.717, 1.165) is 24.3 Å². The summed E-state index contributed by atoms with van der Waals surface area (Å²) >= 11 is 5.88. The van der Waals surface area contributed by atoms with Crippen LogP contribution in [0, 0.1) is 11.8 Å². The summed E-state index contributed by atoms with van der Waals surface area (Å²) in [6, 6.07) is 0.528. The molecule has 13 heavy (non-hydrogen) atoms. The minimum absolute atomic E-state index is 0.528. The molecule has 1 aliphatic carbocycles. The lowest BCUT2D eigenvalue weighted by Crippen LogP contribution is -2.32. The number of halogens is 1. The van der Waals surface area contributed by atoms with Crippen molar-refractivity contribution in [3.05, 3.63) is 0 Å². The molecular formula is C11H22ClN. The molecule has 1 nitrogen and oxygen atoms in total. The van der Waals surface area contributed by atoms with Gasteiger partial charge in [0.25, 0.3) is 0 Å². The first-order valence-electron chi connectivity index (χ1n) is 5.51. The molecule has 0 aromatic carbocycles. The average Bonchev–Trinajstić information content (AvgIpc) is 2.85. The van der Waals surface area contributed by atoms with Crippen LogP contribution in [0.2, 0.25) is 0 Å². The molecule has 1 rings (SSSR count). The summed E-state index contributed by atoms with van der Waals surface area (Å²) in [6.07, 6.45) is 5.47. The lowest BCUT2D eigenvalue weighted by Gasteiger charge is -2.17. The zero-order chi connectivity index (χ0) is 9.68. The number of nitrogens with one attached hydrogen (secondary N) is 1. The van der Waals surface area contributed by atoms with Crippen LogP contribution in [0.1, 0.15) is 39.5 Å². The quantitative estimate of drug-likeness (QED) is 0.628. The summed E-state index contributed by atoms with van der Waals surface area (Å²) in [4.78, 5) is 0. The van der Waals surface area contributed by atoms with Gasteiger partial charge in [-0.15, -0.1) is 11.6 Å². The Morgan fingerprint density at radius 2 is 2.08 bits per heavy atom. The van der Waals surface area contributed by atoms with Crippen LogP contribution < -0.4 is 5.32 Å². The van der Waals surface area contributed by atoms with Gasteiger partial charge in [0.15, 0.2) is 0 Å². The molecule has 0 aromatic heterocycles. The van der Waals surface area contributed by atoms with E-state index in [2.05, 4.69) is 19.2 Å². The fourth-order valence-corrected chi connectivity index (χ4v) is 1.90. The van der Waals surface area contributed by atoms with E-state index < -0.39 is 0 Å². The average molecular weight is 204 g/mol. The monoisotopic (exact) mass is 203 g/mol. The van der Waals surface area contributed by atoms with Gasteiger partial charge in [0, 0.05) is 11.9 Å². The third kappa shape index (κ3) is 5.53. The zero-order valence-corrected chi connectivity index (χ0v) is 9.61. The Bertz CT molecular complexity index is 132. The van der Waals surface area contributed by atoms with Gasteiger partial charge in [-0.3, -0.25) is 0 Å². The lowest BCUT2D eigenvalue weighted by atomic mass is 10.1. The van der Waals surface area contributed by atoms with Crippen molar-refractivity contribution in [3.8, 4) is 0 Å². The van der Waals surface area contributed by atoms with E-state index in [4.69, 9.17) is 11.6 Å². The number of alkyl halides is 1. The first-order chi connectivity index (χ1) is 6.22. The predicted molar refractivity (Wildman–Crippen MR) is 59.3 cm³/mol. The van der Waals surface area contributed by atoms with Crippen molar-refractivity contribution in [2.75, 3.05) is 12.4 Å². The van der Waals surface area contributed by atoms with E-state index in [-0.39, 0.29) is 0 Å². The van der Waals surface area contributed by atoms with Crippen molar-refractivity contribution in [2.24, 2.45) is 11.8 Å². The van der Waals surface area contributed by atoms with Gasteiger partial charge in [0.1, 0.15) is 0 Å². The highest BCUT2D eigenvalue weighted by Crippen LogP contribution is 2.31. The SMILES string of the molecule is CC(C)CC(CCl)NCCC1CC1. The molecule has 1 fully saturated rings. The van der Waals surface area contributed by atoms with Crippen molar-refractivity contribution in [2.45, 2.75) is 45.6 Å². The molecule has 0 saturated heterocycles. The summed E-state index contributed by atoms with van der Waals surface area (Å²) in [7, 11) is 0. The van der Waals surface area contributed by atoms with E-state index in [0.29, 0.717) is 6.04 Å². The first-order valence-corrected chi connectivity index (χ1v) is 6.05. The standard InChI is InChI=1S/C11H22ClN/c1-9(2)7-11(8-12)13-6-5-10-3-4-10/h9-11,13H,3-8H2,1-2H3. The first kappa shape index (κ1) is 11.3. The van der Waals surface area contributed by atoms with Crippen LogP contribution in [-0.4, -0.2) is 18.5 Å². The van der Waals surface area contributed by atoms with Gasteiger partial charge in [-0.05, 0) is 31.2 Å². The summed E-state index contributed by atoms with van der Waals surface area (Å²) in [5, 5.41) is 3.54. The number of hydrogen-bond donors (Lipinski definition) is 1. The zero-order valence-electron chi connectivity index (χ0n) is 8.85. The molecule has 0 heterocycles. The fourth-order valence-electron chi connectivity index (χ4n) is 1.67. The van der Waals surface area contributed by atoms with Crippen molar-refractivity contribution in [1.82, 2.24) is 5.32 Å². The molecule has 0 aromatic rings. The molecule has 0 aliphatic heterocycles. The molecule has 1 saturated carbocycles. The fraction of sp³-hybridized carbons (Fsp3) is 1.00. The molecule has 1 atom stereocenters. The second kappa shape index (κ2) is 5.87. The number of hydrogen-bond acceptors (Lipinski definition) is 1. The van der Waals surface area contributed by atoms with Crippen LogP contribution in [0.3, 0.4) is 0 Å². The third-order valence-electron chi connectivity index (χ3n) is 2.62. The molecule has 0 radical (unpaired) electrons. The molecule has 1 unspecified atom stereocenters. The molecular weight excluding hydrogens is 182 g/mol. The van der Waals surface area contributed by atoms with Crippen LogP contribution in [-0.2, 0) is 0 Å². The molecule has 78 valence electrons. The normalized spacial score (nSPS) is 19.4. The Hall–Kier alpha value is 0.250. The van der Waals surface area contributed by atoms with Gasteiger partial charge in [-0.2, -0.15) is 0 Å². The molecule has 1 aliphatic rings. The van der Waals surface area contributed by atoms with Crippen LogP contribution in [0.4, 0.5) is 0 Å². The molecule has 2 heteroatoms. The summed E-state index contributed by atoms with van der Waals surface area (Å²) in [5.41, 5.74) is 0. The third-order valence-corrected chi connectivity index (χ3v) is 3.00. The Kier molecular flexibility index (Phi) is 5.12. The Morgan fingerprint density at radius 3 is 2.54 bits per heavy atom. The van der Waals surface area contributed by atoms with Crippen LogP contribution in [0.25, 0.3) is 0 Å². The Morgan fingerprint density at radius 1 is 1.38 bits per heavy atom.